The minimum absolute atomic E-state index is 0.838. The van der Waals surface area contributed by atoms with E-state index in [4.69, 9.17) is 9.47 Å². The number of benzene rings is 1. The van der Waals surface area contributed by atoms with E-state index < -0.39 is 0 Å². The fourth-order valence-electron chi connectivity index (χ4n) is 1.66. The molecule has 0 fully saturated rings. The van der Waals surface area contributed by atoms with Crippen LogP contribution in [0.5, 0.6) is 11.5 Å². The fourth-order valence-corrected chi connectivity index (χ4v) is 1.66. The second-order valence-electron chi connectivity index (χ2n) is 3.03. The van der Waals surface area contributed by atoms with Crippen molar-refractivity contribution in [3.63, 3.8) is 0 Å². The van der Waals surface area contributed by atoms with Crippen LogP contribution < -0.4 is 14.8 Å². The molecule has 0 aliphatic carbocycles. The monoisotopic (exact) mass is 179 g/mol. The van der Waals surface area contributed by atoms with Crippen molar-refractivity contribution < 1.29 is 9.47 Å². The van der Waals surface area contributed by atoms with Gasteiger partial charge in [-0.3, -0.25) is 0 Å². The molecule has 0 saturated carbocycles. The van der Waals surface area contributed by atoms with Crippen LogP contribution in [0.15, 0.2) is 12.1 Å². The Kier molecular flexibility index (Phi) is 2.00. The summed E-state index contributed by atoms with van der Waals surface area (Å²) < 4.78 is 10.4. The summed E-state index contributed by atoms with van der Waals surface area (Å²) in [5.41, 5.74) is 2.39. The molecule has 0 radical (unpaired) electrons. The molecule has 0 unspecified atom stereocenters. The van der Waals surface area contributed by atoms with Gasteiger partial charge in [0.25, 0.3) is 0 Å². The summed E-state index contributed by atoms with van der Waals surface area (Å²) in [4.78, 5) is 0. The highest BCUT2D eigenvalue weighted by Gasteiger charge is 2.16. The fraction of sp³-hybridized carbons (Fsp3) is 0.400. The van der Waals surface area contributed by atoms with Crippen molar-refractivity contribution in [1.82, 2.24) is 0 Å². The zero-order valence-corrected chi connectivity index (χ0v) is 7.89. The van der Waals surface area contributed by atoms with Gasteiger partial charge in [0.05, 0.1) is 14.2 Å². The van der Waals surface area contributed by atoms with Crippen molar-refractivity contribution in [2.24, 2.45) is 0 Å². The topological polar surface area (TPSA) is 30.5 Å². The van der Waals surface area contributed by atoms with E-state index in [1.165, 1.54) is 5.56 Å². The van der Waals surface area contributed by atoms with Gasteiger partial charge in [-0.25, -0.2) is 0 Å². The largest absolute Gasteiger partial charge is 0.497 e. The molecule has 3 heteroatoms. The van der Waals surface area contributed by atoms with Crippen LogP contribution in [0.4, 0.5) is 5.69 Å². The summed E-state index contributed by atoms with van der Waals surface area (Å²) in [6, 6.07) is 3.93. The molecule has 0 amide bonds. The van der Waals surface area contributed by atoms with Crippen LogP contribution in [0.1, 0.15) is 5.56 Å². The van der Waals surface area contributed by atoms with Crippen LogP contribution in [0.2, 0.25) is 0 Å². The third-order valence-corrected chi connectivity index (χ3v) is 2.33. The second kappa shape index (κ2) is 3.17. The summed E-state index contributed by atoms with van der Waals surface area (Å²) in [7, 11) is 3.35. The maximum Gasteiger partial charge on any atom is 0.127 e. The average molecular weight is 179 g/mol. The summed E-state index contributed by atoms with van der Waals surface area (Å²) >= 11 is 0. The molecule has 1 aliphatic rings. The zero-order chi connectivity index (χ0) is 9.26. The lowest BCUT2D eigenvalue weighted by molar-refractivity contribution is 0.392. The maximum absolute atomic E-state index is 5.28. The lowest BCUT2D eigenvalue weighted by Crippen LogP contribution is -1.92. The van der Waals surface area contributed by atoms with Gasteiger partial charge < -0.3 is 14.8 Å². The number of hydrogen-bond acceptors (Lipinski definition) is 3. The SMILES string of the molecule is COc1cc2c(c(OC)c1)CCN2. The van der Waals surface area contributed by atoms with Gasteiger partial charge in [0.1, 0.15) is 11.5 Å². The summed E-state index contributed by atoms with van der Waals surface area (Å²) in [6.45, 7) is 0.985. The van der Waals surface area contributed by atoms with Crippen LogP contribution in [-0.4, -0.2) is 20.8 Å². The smallest absolute Gasteiger partial charge is 0.127 e. The molecule has 2 rings (SSSR count). The first-order valence-corrected chi connectivity index (χ1v) is 4.34. The average Bonchev–Trinajstić information content (AvgIpc) is 2.63. The molecule has 1 aromatic rings. The molecule has 1 aliphatic heterocycles. The highest BCUT2D eigenvalue weighted by molar-refractivity contribution is 5.64. The normalized spacial score (nSPS) is 13.4. The van der Waals surface area contributed by atoms with E-state index in [2.05, 4.69) is 5.32 Å². The predicted octanol–water partition coefficient (Wildman–Crippen LogP) is 1.67. The Labute approximate surface area is 77.7 Å². The van der Waals surface area contributed by atoms with E-state index in [1.807, 2.05) is 12.1 Å². The van der Waals surface area contributed by atoms with Crippen molar-refractivity contribution in [3.8, 4) is 11.5 Å². The van der Waals surface area contributed by atoms with Crippen molar-refractivity contribution >= 4 is 5.69 Å². The minimum Gasteiger partial charge on any atom is -0.497 e. The number of rotatable bonds is 2. The first-order valence-electron chi connectivity index (χ1n) is 4.34. The zero-order valence-electron chi connectivity index (χ0n) is 7.89. The summed E-state index contributed by atoms with van der Waals surface area (Å²) in [6.07, 6.45) is 1.03. The van der Waals surface area contributed by atoms with E-state index in [1.54, 1.807) is 14.2 Å². The number of nitrogens with one attached hydrogen (secondary N) is 1. The molecule has 0 aromatic heterocycles. The lowest BCUT2D eigenvalue weighted by Gasteiger charge is -2.09. The van der Waals surface area contributed by atoms with Crippen molar-refractivity contribution in [3.05, 3.63) is 17.7 Å². The number of hydrogen-bond donors (Lipinski definition) is 1. The van der Waals surface area contributed by atoms with Crippen LogP contribution >= 0.6 is 0 Å². The molecule has 1 aromatic carbocycles. The van der Waals surface area contributed by atoms with Crippen LogP contribution in [0.3, 0.4) is 0 Å². The van der Waals surface area contributed by atoms with Crippen LogP contribution in [-0.2, 0) is 6.42 Å². The Hall–Kier alpha value is -1.38. The van der Waals surface area contributed by atoms with E-state index in [0.29, 0.717) is 0 Å². The van der Waals surface area contributed by atoms with Gasteiger partial charge in [0.15, 0.2) is 0 Å². The van der Waals surface area contributed by atoms with Crippen molar-refractivity contribution in [2.75, 3.05) is 26.1 Å². The summed E-state index contributed by atoms with van der Waals surface area (Å²) in [5.74, 6) is 1.75. The van der Waals surface area contributed by atoms with E-state index in [0.717, 1.165) is 30.2 Å². The van der Waals surface area contributed by atoms with E-state index in [9.17, 15) is 0 Å². The molecule has 0 saturated heterocycles. The minimum atomic E-state index is 0.838. The highest BCUT2D eigenvalue weighted by atomic mass is 16.5. The second-order valence-corrected chi connectivity index (χ2v) is 3.03. The Morgan fingerprint density at radius 3 is 2.77 bits per heavy atom. The van der Waals surface area contributed by atoms with E-state index in [-0.39, 0.29) is 0 Å². The molecule has 1 N–H and O–H groups in total. The quantitative estimate of drug-likeness (QED) is 0.749. The Morgan fingerprint density at radius 1 is 1.23 bits per heavy atom. The molecular weight excluding hydrogens is 166 g/mol. The molecule has 13 heavy (non-hydrogen) atoms. The van der Waals surface area contributed by atoms with Crippen LogP contribution in [0.25, 0.3) is 0 Å². The number of methoxy groups -OCH3 is 2. The Morgan fingerprint density at radius 2 is 2.08 bits per heavy atom. The highest BCUT2D eigenvalue weighted by Crippen LogP contribution is 2.35. The number of fused-ring (bicyclic) bond motifs is 1. The van der Waals surface area contributed by atoms with Gasteiger partial charge in [-0.05, 0) is 6.42 Å². The van der Waals surface area contributed by atoms with Gasteiger partial charge >= 0.3 is 0 Å². The number of ether oxygens (including phenoxy) is 2. The van der Waals surface area contributed by atoms with Gasteiger partial charge in [-0.2, -0.15) is 0 Å². The Balaban J connectivity index is 2.49. The Bertz CT molecular complexity index is 323. The van der Waals surface area contributed by atoms with E-state index >= 15 is 0 Å². The maximum atomic E-state index is 5.28. The third-order valence-electron chi connectivity index (χ3n) is 2.33. The molecule has 1 heterocycles. The van der Waals surface area contributed by atoms with Gasteiger partial charge in [0, 0.05) is 29.9 Å². The first-order chi connectivity index (χ1) is 6.35. The van der Waals surface area contributed by atoms with Crippen molar-refractivity contribution in [2.45, 2.75) is 6.42 Å². The third kappa shape index (κ3) is 1.30. The van der Waals surface area contributed by atoms with Gasteiger partial charge in [-0.1, -0.05) is 0 Å². The molecule has 0 spiro atoms. The number of anilines is 1. The molecule has 0 atom stereocenters. The first kappa shape index (κ1) is 8.23. The molecule has 0 bridgehead atoms. The standard InChI is InChI=1S/C10H13NO2/c1-12-7-5-9-8(3-4-11-9)10(6-7)13-2/h5-6,11H,3-4H2,1-2H3. The lowest BCUT2D eigenvalue weighted by atomic mass is 10.1. The van der Waals surface area contributed by atoms with Gasteiger partial charge in [-0.15, -0.1) is 0 Å². The molecule has 70 valence electrons. The molecular formula is C10H13NO2. The van der Waals surface area contributed by atoms with Gasteiger partial charge in [0.2, 0.25) is 0 Å². The molecule has 3 nitrogen and oxygen atoms in total. The van der Waals surface area contributed by atoms with Crippen molar-refractivity contribution in [1.29, 1.82) is 0 Å². The van der Waals surface area contributed by atoms with Crippen LogP contribution in [0, 0.1) is 0 Å². The summed E-state index contributed by atoms with van der Waals surface area (Å²) in [5, 5.41) is 3.29. The predicted molar refractivity (Wildman–Crippen MR) is 51.7 cm³/mol.